The molecular weight excluding hydrogens is 230 g/mol. The number of rotatable bonds is 5. The molecule has 1 atom stereocenters. The third-order valence-electron chi connectivity index (χ3n) is 2.23. The highest BCUT2D eigenvalue weighted by molar-refractivity contribution is 5.95. The number of carbonyl (C=O) groups excluding carboxylic acids is 2. The number of amides is 2. The summed E-state index contributed by atoms with van der Waals surface area (Å²) in [7, 11) is 0. The number of nitrogens with one attached hydrogen (secondary N) is 2. The lowest BCUT2D eigenvalue weighted by atomic mass is 10.2. The second-order valence-corrected chi connectivity index (χ2v) is 3.88. The molecule has 0 aliphatic carbocycles. The van der Waals surface area contributed by atoms with Gasteiger partial charge in [0.05, 0.1) is 6.04 Å². The van der Waals surface area contributed by atoms with Crippen molar-refractivity contribution in [1.29, 1.82) is 0 Å². The minimum Gasteiger partial charge on any atom is -0.326 e. The van der Waals surface area contributed by atoms with Crippen molar-refractivity contribution in [2.75, 3.05) is 10.6 Å². The van der Waals surface area contributed by atoms with E-state index >= 15 is 0 Å². The zero-order valence-corrected chi connectivity index (χ0v) is 10.3. The first-order chi connectivity index (χ1) is 8.52. The Morgan fingerprint density at radius 2 is 1.78 bits per heavy atom. The monoisotopic (exact) mass is 247 g/mol. The molecule has 0 saturated carbocycles. The van der Waals surface area contributed by atoms with Crippen molar-refractivity contribution >= 4 is 23.2 Å². The maximum Gasteiger partial charge on any atom is 0.241 e. The zero-order chi connectivity index (χ0) is 13.5. The number of hydrogen-bond donors (Lipinski definition) is 3. The largest absolute Gasteiger partial charge is 0.326 e. The van der Waals surface area contributed by atoms with E-state index in [2.05, 4.69) is 17.2 Å². The Balaban J connectivity index is 2.60. The third-order valence-corrected chi connectivity index (χ3v) is 2.23. The third kappa shape index (κ3) is 4.39. The van der Waals surface area contributed by atoms with E-state index < -0.39 is 6.04 Å². The Morgan fingerprint density at radius 3 is 2.22 bits per heavy atom. The molecule has 0 spiro atoms. The molecule has 0 saturated heterocycles. The lowest BCUT2D eigenvalue weighted by Gasteiger charge is -2.10. The van der Waals surface area contributed by atoms with Crippen LogP contribution in [-0.2, 0) is 9.59 Å². The average Bonchev–Trinajstić information content (AvgIpc) is 2.31. The highest BCUT2D eigenvalue weighted by Crippen LogP contribution is 2.13. The molecule has 0 fully saturated rings. The molecule has 1 aromatic carbocycles. The quantitative estimate of drug-likeness (QED) is 0.689. The van der Waals surface area contributed by atoms with Gasteiger partial charge in [0.25, 0.3) is 0 Å². The lowest BCUT2D eigenvalue weighted by Crippen LogP contribution is -2.35. The number of anilines is 2. The van der Waals surface area contributed by atoms with Crippen molar-refractivity contribution in [2.45, 2.75) is 19.4 Å². The van der Waals surface area contributed by atoms with Gasteiger partial charge in [-0.05, 0) is 30.7 Å². The normalized spacial score (nSPS) is 11.4. The van der Waals surface area contributed by atoms with Gasteiger partial charge < -0.3 is 16.4 Å². The summed E-state index contributed by atoms with van der Waals surface area (Å²) in [6.45, 7) is 4.96. The molecule has 1 unspecified atom stereocenters. The molecule has 0 radical (unpaired) electrons. The zero-order valence-electron chi connectivity index (χ0n) is 10.3. The van der Waals surface area contributed by atoms with Crippen LogP contribution in [0.2, 0.25) is 0 Å². The molecule has 1 aromatic rings. The second-order valence-electron chi connectivity index (χ2n) is 3.88. The molecule has 1 rings (SSSR count). The fraction of sp³-hybridized carbons (Fsp3) is 0.231. The fourth-order valence-corrected chi connectivity index (χ4v) is 1.36. The number of hydrogen-bond acceptors (Lipinski definition) is 3. The molecule has 18 heavy (non-hydrogen) atoms. The Kier molecular flexibility index (Phi) is 5.07. The summed E-state index contributed by atoms with van der Waals surface area (Å²) < 4.78 is 0. The van der Waals surface area contributed by atoms with Gasteiger partial charge in [0.1, 0.15) is 0 Å². The van der Waals surface area contributed by atoms with Crippen molar-refractivity contribution in [3.8, 4) is 0 Å². The Bertz CT molecular complexity index is 440. The fourth-order valence-electron chi connectivity index (χ4n) is 1.36. The van der Waals surface area contributed by atoms with Crippen LogP contribution in [0, 0.1) is 0 Å². The Hall–Kier alpha value is -2.14. The number of carbonyl (C=O) groups is 2. The average molecular weight is 247 g/mol. The molecule has 4 N–H and O–H groups in total. The van der Waals surface area contributed by atoms with Crippen LogP contribution in [0.25, 0.3) is 0 Å². The van der Waals surface area contributed by atoms with Crippen molar-refractivity contribution in [3.63, 3.8) is 0 Å². The van der Waals surface area contributed by atoms with Gasteiger partial charge in [0.15, 0.2) is 0 Å². The minimum atomic E-state index is -0.600. The van der Waals surface area contributed by atoms with Gasteiger partial charge in [-0.2, -0.15) is 0 Å². The first-order valence-electron chi connectivity index (χ1n) is 5.58. The van der Waals surface area contributed by atoms with Gasteiger partial charge in [-0.1, -0.05) is 6.08 Å². The summed E-state index contributed by atoms with van der Waals surface area (Å²) in [6, 6.07) is 6.21. The molecule has 0 aliphatic rings. The minimum absolute atomic E-state index is 0.139. The van der Waals surface area contributed by atoms with Crippen molar-refractivity contribution in [2.24, 2.45) is 5.73 Å². The van der Waals surface area contributed by atoms with E-state index in [1.165, 1.54) is 6.92 Å². The first kappa shape index (κ1) is 13.9. The first-order valence-corrected chi connectivity index (χ1v) is 5.58. The van der Waals surface area contributed by atoms with Crippen LogP contribution in [0.15, 0.2) is 36.9 Å². The van der Waals surface area contributed by atoms with E-state index in [9.17, 15) is 9.59 Å². The standard InChI is InChI=1S/C13H17N3O2/c1-3-4-12(14)13(18)16-11-7-5-10(6-8-11)15-9(2)17/h3,5-8,12H,1,4,14H2,2H3,(H,15,17)(H,16,18). The topological polar surface area (TPSA) is 84.2 Å². The smallest absolute Gasteiger partial charge is 0.241 e. The van der Waals surface area contributed by atoms with Crippen LogP contribution in [0.4, 0.5) is 11.4 Å². The van der Waals surface area contributed by atoms with Crippen molar-refractivity contribution in [1.82, 2.24) is 0 Å². The van der Waals surface area contributed by atoms with Crippen LogP contribution in [0.3, 0.4) is 0 Å². The molecular formula is C13H17N3O2. The summed E-state index contributed by atoms with van der Waals surface area (Å²) in [5.41, 5.74) is 6.94. The van der Waals surface area contributed by atoms with Gasteiger partial charge >= 0.3 is 0 Å². The van der Waals surface area contributed by atoms with Gasteiger partial charge in [-0.3, -0.25) is 9.59 Å². The highest BCUT2D eigenvalue weighted by atomic mass is 16.2. The van der Waals surface area contributed by atoms with E-state index in [1.807, 2.05) is 0 Å². The maximum atomic E-state index is 11.6. The van der Waals surface area contributed by atoms with E-state index in [0.717, 1.165) is 0 Å². The predicted octanol–water partition coefficient (Wildman–Crippen LogP) is 1.49. The van der Waals surface area contributed by atoms with Crippen LogP contribution in [-0.4, -0.2) is 17.9 Å². The van der Waals surface area contributed by atoms with E-state index in [4.69, 9.17) is 5.73 Å². The lowest BCUT2D eigenvalue weighted by molar-refractivity contribution is -0.117. The Morgan fingerprint density at radius 1 is 1.28 bits per heavy atom. The van der Waals surface area contributed by atoms with E-state index in [-0.39, 0.29) is 11.8 Å². The predicted molar refractivity (Wildman–Crippen MR) is 72.2 cm³/mol. The van der Waals surface area contributed by atoms with E-state index in [1.54, 1.807) is 30.3 Å². The summed E-state index contributed by atoms with van der Waals surface area (Å²) in [5.74, 6) is -0.401. The van der Waals surface area contributed by atoms with Gasteiger partial charge in [0.2, 0.25) is 11.8 Å². The molecule has 0 bridgehead atoms. The number of benzene rings is 1. The van der Waals surface area contributed by atoms with E-state index in [0.29, 0.717) is 17.8 Å². The van der Waals surface area contributed by atoms with Crippen LogP contribution < -0.4 is 16.4 Å². The van der Waals surface area contributed by atoms with Gasteiger partial charge in [-0.15, -0.1) is 6.58 Å². The summed E-state index contributed by atoms with van der Waals surface area (Å²) in [4.78, 5) is 22.4. The van der Waals surface area contributed by atoms with Crippen LogP contribution in [0.5, 0.6) is 0 Å². The molecule has 5 heteroatoms. The molecule has 0 heterocycles. The summed E-state index contributed by atoms with van der Waals surface area (Å²) >= 11 is 0. The summed E-state index contributed by atoms with van der Waals surface area (Å²) in [6.07, 6.45) is 2.03. The molecule has 0 aromatic heterocycles. The van der Waals surface area contributed by atoms with Crippen molar-refractivity contribution in [3.05, 3.63) is 36.9 Å². The van der Waals surface area contributed by atoms with Crippen LogP contribution >= 0.6 is 0 Å². The SMILES string of the molecule is C=CCC(N)C(=O)Nc1ccc(NC(C)=O)cc1. The van der Waals surface area contributed by atoms with Gasteiger partial charge in [-0.25, -0.2) is 0 Å². The van der Waals surface area contributed by atoms with Crippen molar-refractivity contribution < 1.29 is 9.59 Å². The summed E-state index contributed by atoms with van der Waals surface area (Å²) in [5, 5.41) is 5.32. The maximum absolute atomic E-state index is 11.6. The highest BCUT2D eigenvalue weighted by Gasteiger charge is 2.11. The Labute approximate surface area is 106 Å². The molecule has 96 valence electrons. The molecule has 2 amide bonds. The van der Waals surface area contributed by atoms with Crippen LogP contribution in [0.1, 0.15) is 13.3 Å². The molecule has 5 nitrogen and oxygen atoms in total. The van der Waals surface area contributed by atoms with Gasteiger partial charge in [0, 0.05) is 18.3 Å². The number of nitrogens with two attached hydrogens (primary N) is 1. The second kappa shape index (κ2) is 6.56. The molecule has 0 aliphatic heterocycles.